The minimum atomic E-state index is -0.0940. The van der Waals surface area contributed by atoms with Gasteiger partial charge in [0, 0.05) is 24.6 Å². The van der Waals surface area contributed by atoms with Gasteiger partial charge in [0.2, 0.25) is 5.91 Å². The van der Waals surface area contributed by atoms with Gasteiger partial charge in [-0.05, 0) is 43.4 Å². The minimum Gasteiger partial charge on any atom is -0.347 e. The first-order chi connectivity index (χ1) is 8.97. The predicted molar refractivity (Wildman–Crippen MR) is 81.2 cm³/mol. The van der Waals surface area contributed by atoms with Crippen LogP contribution in [-0.4, -0.2) is 37.0 Å². The zero-order chi connectivity index (χ0) is 14.0. The second kappa shape index (κ2) is 6.06. The second-order valence-corrected chi connectivity index (χ2v) is 6.46. The van der Waals surface area contributed by atoms with Crippen LogP contribution in [0, 0.1) is 0 Å². The van der Waals surface area contributed by atoms with Gasteiger partial charge >= 0.3 is 0 Å². The molecule has 104 valence electrons. The van der Waals surface area contributed by atoms with Crippen LogP contribution in [0.4, 0.5) is 0 Å². The third-order valence-corrected chi connectivity index (χ3v) is 4.25. The van der Waals surface area contributed by atoms with E-state index in [2.05, 4.69) is 45.5 Å². The van der Waals surface area contributed by atoms with Crippen molar-refractivity contribution < 1.29 is 4.79 Å². The molecule has 1 fully saturated rings. The van der Waals surface area contributed by atoms with Crippen molar-refractivity contribution in [2.24, 2.45) is 0 Å². The number of nitrogens with one attached hydrogen (secondary N) is 1. The number of likely N-dealkylation sites (N-methyl/N-ethyl adjacent to an activating group) is 1. The molecule has 2 rings (SSSR count). The number of hydrogen-bond donors (Lipinski definition) is 1. The van der Waals surface area contributed by atoms with E-state index in [1.54, 1.807) is 19.0 Å². The van der Waals surface area contributed by atoms with Gasteiger partial charge in [-0.3, -0.25) is 4.79 Å². The van der Waals surface area contributed by atoms with Crippen molar-refractivity contribution >= 4 is 21.8 Å². The Morgan fingerprint density at radius 2 is 2.11 bits per heavy atom. The lowest BCUT2D eigenvalue weighted by Gasteiger charge is -2.38. The normalized spacial score (nSPS) is 23.6. The average Bonchev–Trinajstić information content (AvgIpc) is 2.31. The number of amides is 1. The molecule has 4 heteroatoms. The first-order valence-corrected chi connectivity index (χ1v) is 7.49. The molecule has 1 aromatic rings. The molecule has 1 N–H and O–H groups in total. The molecule has 0 bridgehead atoms. The third-order valence-electron chi connectivity index (χ3n) is 3.76. The Morgan fingerprint density at radius 1 is 1.42 bits per heavy atom. The number of benzene rings is 1. The smallest absolute Gasteiger partial charge is 0.238 e. The zero-order valence-electron chi connectivity index (χ0n) is 11.7. The molecular formula is C15H21BrN2O. The van der Waals surface area contributed by atoms with Gasteiger partial charge in [0.25, 0.3) is 0 Å². The van der Waals surface area contributed by atoms with Gasteiger partial charge in [-0.1, -0.05) is 28.1 Å². The van der Waals surface area contributed by atoms with Crippen LogP contribution in [0.5, 0.6) is 0 Å². The van der Waals surface area contributed by atoms with Gasteiger partial charge in [0.1, 0.15) is 0 Å². The van der Waals surface area contributed by atoms with E-state index in [4.69, 9.17) is 0 Å². The molecule has 0 heterocycles. The highest BCUT2D eigenvalue weighted by Crippen LogP contribution is 2.37. The monoisotopic (exact) mass is 324 g/mol. The zero-order valence-corrected chi connectivity index (χ0v) is 13.3. The van der Waals surface area contributed by atoms with E-state index in [9.17, 15) is 4.79 Å². The molecule has 1 atom stereocenters. The van der Waals surface area contributed by atoms with Crippen molar-refractivity contribution in [3.05, 3.63) is 34.3 Å². The van der Waals surface area contributed by atoms with E-state index in [0.29, 0.717) is 12.0 Å². The summed E-state index contributed by atoms with van der Waals surface area (Å²) in [5, 5.41) is 3.41. The van der Waals surface area contributed by atoms with Crippen LogP contribution in [0.3, 0.4) is 0 Å². The Morgan fingerprint density at radius 3 is 2.68 bits per heavy atom. The van der Waals surface area contributed by atoms with Gasteiger partial charge in [-0.15, -0.1) is 0 Å². The molecule has 1 amide bonds. The van der Waals surface area contributed by atoms with Gasteiger partial charge in [-0.2, -0.15) is 0 Å². The van der Waals surface area contributed by atoms with Gasteiger partial charge < -0.3 is 10.2 Å². The standard InChI is InChI=1S/C15H21BrN2O/c1-10(15(19)18(2)3)17-14-8-12(9-14)11-5-4-6-13(16)7-11/h4-7,10,12,14,17H,8-9H2,1-3H3. The summed E-state index contributed by atoms with van der Waals surface area (Å²) < 4.78 is 1.14. The minimum absolute atomic E-state index is 0.0940. The maximum Gasteiger partial charge on any atom is 0.238 e. The lowest BCUT2D eigenvalue weighted by Crippen LogP contribution is -2.50. The quantitative estimate of drug-likeness (QED) is 0.923. The van der Waals surface area contributed by atoms with Crippen molar-refractivity contribution in [1.29, 1.82) is 0 Å². The summed E-state index contributed by atoms with van der Waals surface area (Å²) in [6, 6.07) is 8.87. The van der Waals surface area contributed by atoms with Crippen LogP contribution >= 0.6 is 15.9 Å². The second-order valence-electron chi connectivity index (χ2n) is 5.54. The molecule has 3 nitrogen and oxygen atoms in total. The Balaban J connectivity index is 1.82. The number of carbonyl (C=O) groups excluding carboxylic acids is 1. The van der Waals surface area contributed by atoms with E-state index in [-0.39, 0.29) is 11.9 Å². The van der Waals surface area contributed by atoms with Crippen LogP contribution in [0.25, 0.3) is 0 Å². The van der Waals surface area contributed by atoms with E-state index in [0.717, 1.165) is 17.3 Å². The topological polar surface area (TPSA) is 32.3 Å². The number of halogens is 1. The Bertz CT molecular complexity index is 455. The number of hydrogen-bond acceptors (Lipinski definition) is 2. The molecule has 1 aliphatic carbocycles. The summed E-state index contributed by atoms with van der Waals surface area (Å²) in [6.45, 7) is 1.94. The van der Waals surface area contributed by atoms with Crippen molar-refractivity contribution in [3.8, 4) is 0 Å². The van der Waals surface area contributed by atoms with Crippen LogP contribution in [0.15, 0.2) is 28.7 Å². The predicted octanol–water partition coefficient (Wildman–Crippen LogP) is 2.76. The van der Waals surface area contributed by atoms with Crippen LogP contribution in [-0.2, 0) is 4.79 Å². The van der Waals surface area contributed by atoms with Gasteiger partial charge in [0.05, 0.1) is 6.04 Å². The summed E-state index contributed by atoms with van der Waals surface area (Å²) in [6.07, 6.45) is 2.23. The molecule has 1 aliphatic rings. The molecule has 0 aromatic heterocycles. The lowest BCUT2D eigenvalue weighted by atomic mass is 9.75. The third kappa shape index (κ3) is 3.57. The molecule has 19 heavy (non-hydrogen) atoms. The highest BCUT2D eigenvalue weighted by Gasteiger charge is 2.32. The molecule has 1 aromatic carbocycles. The summed E-state index contributed by atoms with van der Waals surface area (Å²) >= 11 is 3.51. The van der Waals surface area contributed by atoms with Crippen LogP contribution < -0.4 is 5.32 Å². The molecule has 1 saturated carbocycles. The van der Waals surface area contributed by atoms with Crippen molar-refractivity contribution in [1.82, 2.24) is 10.2 Å². The van der Waals surface area contributed by atoms with E-state index in [1.807, 2.05) is 6.92 Å². The summed E-state index contributed by atoms with van der Waals surface area (Å²) in [4.78, 5) is 13.4. The fourth-order valence-electron chi connectivity index (χ4n) is 2.60. The number of nitrogens with zero attached hydrogens (tertiary/aromatic N) is 1. The molecular weight excluding hydrogens is 304 g/mol. The molecule has 0 radical (unpaired) electrons. The van der Waals surface area contributed by atoms with Crippen molar-refractivity contribution in [3.63, 3.8) is 0 Å². The largest absolute Gasteiger partial charge is 0.347 e. The lowest BCUT2D eigenvalue weighted by molar-refractivity contribution is -0.130. The molecule has 0 saturated heterocycles. The first-order valence-electron chi connectivity index (χ1n) is 6.70. The fraction of sp³-hybridized carbons (Fsp3) is 0.533. The fourth-order valence-corrected chi connectivity index (χ4v) is 3.02. The SMILES string of the molecule is CC(NC1CC(c2cccc(Br)c2)C1)C(=O)N(C)C. The molecule has 0 spiro atoms. The number of carbonyl (C=O) groups is 1. The van der Waals surface area contributed by atoms with Crippen LogP contribution in [0.1, 0.15) is 31.2 Å². The first kappa shape index (κ1) is 14.5. The summed E-state index contributed by atoms with van der Waals surface area (Å²) in [7, 11) is 3.59. The molecule has 0 aliphatic heterocycles. The Labute approximate surface area is 123 Å². The van der Waals surface area contributed by atoms with E-state index in [1.165, 1.54) is 5.56 Å². The highest BCUT2D eigenvalue weighted by atomic mass is 79.9. The van der Waals surface area contributed by atoms with Gasteiger partial charge in [0.15, 0.2) is 0 Å². The number of rotatable bonds is 4. The average molecular weight is 325 g/mol. The van der Waals surface area contributed by atoms with E-state index >= 15 is 0 Å². The Kier molecular flexibility index (Phi) is 4.63. The van der Waals surface area contributed by atoms with Crippen molar-refractivity contribution in [2.45, 2.75) is 37.8 Å². The highest BCUT2D eigenvalue weighted by molar-refractivity contribution is 9.10. The van der Waals surface area contributed by atoms with E-state index < -0.39 is 0 Å². The Hall–Kier alpha value is -0.870. The van der Waals surface area contributed by atoms with Crippen molar-refractivity contribution in [2.75, 3.05) is 14.1 Å². The maximum absolute atomic E-state index is 11.8. The summed E-state index contributed by atoms with van der Waals surface area (Å²) in [5.41, 5.74) is 1.39. The molecule has 1 unspecified atom stereocenters. The van der Waals surface area contributed by atoms with Crippen LogP contribution in [0.2, 0.25) is 0 Å². The maximum atomic E-state index is 11.8. The summed E-state index contributed by atoms with van der Waals surface area (Å²) in [5.74, 6) is 0.766. The van der Waals surface area contributed by atoms with Gasteiger partial charge in [-0.25, -0.2) is 0 Å².